The molecule has 4 nitrogen and oxygen atoms in total. The summed E-state index contributed by atoms with van der Waals surface area (Å²) in [6, 6.07) is 0. The lowest BCUT2D eigenvalue weighted by molar-refractivity contribution is -0.145. The number of fused-ring (bicyclic) bond motifs is 3. The summed E-state index contributed by atoms with van der Waals surface area (Å²) >= 11 is 0. The molecule has 19 heavy (non-hydrogen) atoms. The lowest BCUT2D eigenvalue weighted by Gasteiger charge is -2.27. The SMILES string of the molecule is C=C1[C@@H]2[C@@H]3OC(=O)[C@@H](C)[C@H]3[C@H](O)CC(=C)[C@@H]2C[C@@H]1O. The Kier molecular flexibility index (Phi) is 2.84. The van der Waals surface area contributed by atoms with Gasteiger partial charge in [-0.05, 0) is 24.3 Å². The van der Waals surface area contributed by atoms with Crippen molar-refractivity contribution < 1.29 is 19.7 Å². The Labute approximate surface area is 112 Å². The molecule has 1 aliphatic heterocycles. The van der Waals surface area contributed by atoms with E-state index in [-0.39, 0.29) is 35.7 Å². The third kappa shape index (κ3) is 1.70. The van der Waals surface area contributed by atoms with E-state index in [9.17, 15) is 15.0 Å². The van der Waals surface area contributed by atoms with Crippen LogP contribution in [0.5, 0.6) is 0 Å². The van der Waals surface area contributed by atoms with Gasteiger partial charge in [0, 0.05) is 11.8 Å². The van der Waals surface area contributed by atoms with Crippen molar-refractivity contribution in [2.24, 2.45) is 23.7 Å². The number of hydrogen-bond donors (Lipinski definition) is 2. The molecule has 0 aromatic heterocycles. The van der Waals surface area contributed by atoms with Crippen LogP contribution in [-0.2, 0) is 9.53 Å². The first kappa shape index (κ1) is 12.9. The minimum Gasteiger partial charge on any atom is -0.461 e. The second-order valence-corrected chi connectivity index (χ2v) is 6.16. The molecule has 3 aliphatic rings. The van der Waals surface area contributed by atoms with Crippen LogP contribution < -0.4 is 0 Å². The zero-order valence-electron chi connectivity index (χ0n) is 11.1. The molecule has 1 saturated heterocycles. The van der Waals surface area contributed by atoms with E-state index in [1.807, 2.05) is 0 Å². The van der Waals surface area contributed by atoms with Gasteiger partial charge in [-0.1, -0.05) is 25.7 Å². The second-order valence-electron chi connectivity index (χ2n) is 6.16. The Balaban J connectivity index is 2.03. The van der Waals surface area contributed by atoms with E-state index >= 15 is 0 Å². The van der Waals surface area contributed by atoms with Gasteiger partial charge in [0.1, 0.15) is 6.10 Å². The fraction of sp³-hybridized carbons (Fsp3) is 0.667. The molecule has 2 aliphatic carbocycles. The Morgan fingerprint density at radius 3 is 2.68 bits per heavy atom. The third-order valence-corrected chi connectivity index (χ3v) is 5.14. The van der Waals surface area contributed by atoms with E-state index in [0.717, 1.165) is 11.1 Å². The van der Waals surface area contributed by atoms with E-state index in [1.54, 1.807) is 6.92 Å². The Bertz CT molecular complexity index is 455. The molecule has 4 heteroatoms. The van der Waals surface area contributed by atoms with Gasteiger partial charge in [0.25, 0.3) is 0 Å². The minimum absolute atomic E-state index is 0.0604. The van der Waals surface area contributed by atoms with Crippen LogP contribution >= 0.6 is 0 Å². The maximum Gasteiger partial charge on any atom is 0.309 e. The number of rotatable bonds is 0. The average molecular weight is 264 g/mol. The molecule has 2 N–H and O–H groups in total. The molecule has 104 valence electrons. The molecule has 3 fully saturated rings. The van der Waals surface area contributed by atoms with Gasteiger partial charge in [-0.3, -0.25) is 4.79 Å². The lowest BCUT2D eigenvalue weighted by atomic mass is 9.79. The monoisotopic (exact) mass is 264 g/mol. The summed E-state index contributed by atoms with van der Waals surface area (Å²) in [6.07, 6.45) is -0.480. The zero-order chi connectivity index (χ0) is 13.9. The van der Waals surface area contributed by atoms with Crippen LogP contribution in [0.3, 0.4) is 0 Å². The quantitative estimate of drug-likeness (QED) is 0.507. The summed E-state index contributed by atoms with van der Waals surface area (Å²) in [5, 5.41) is 20.4. The molecule has 0 aromatic carbocycles. The molecule has 0 aromatic rings. The highest BCUT2D eigenvalue weighted by atomic mass is 16.6. The van der Waals surface area contributed by atoms with Crippen LogP contribution in [0.25, 0.3) is 0 Å². The van der Waals surface area contributed by atoms with Gasteiger partial charge < -0.3 is 14.9 Å². The number of carbonyl (C=O) groups is 1. The predicted octanol–water partition coefficient (Wildman–Crippen LogP) is 1.04. The van der Waals surface area contributed by atoms with Gasteiger partial charge in [-0.25, -0.2) is 0 Å². The highest BCUT2D eigenvalue weighted by Crippen LogP contribution is 2.52. The van der Waals surface area contributed by atoms with Crippen LogP contribution in [0.2, 0.25) is 0 Å². The van der Waals surface area contributed by atoms with Crippen molar-refractivity contribution in [1.29, 1.82) is 0 Å². The maximum atomic E-state index is 11.8. The fourth-order valence-electron chi connectivity index (χ4n) is 4.06. The van der Waals surface area contributed by atoms with Crippen molar-refractivity contribution in [3.63, 3.8) is 0 Å². The number of aliphatic hydroxyl groups excluding tert-OH is 2. The molecular weight excluding hydrogens is 244 g/mol. The van der Waals surface area contributed by atoms with Crippen LogP contribution in [0.1, 0.15) is 19.8 Å². The van der Waals surface area contributed by atoms with Crippen molar-refractivity contribution in [3.8, 4) is 0 Å². The van der Waals surface area contributed by atoms with Gasteiger partial charge in [0.2, 0.25) is 0 Å². The van der Waals surface area contributed by atoms with E-state index < -0.39 is 12.2 Å². The number of carbonyl (C=O) groups excluding carboxylic acids is 1. The van der Waals surface area contributed by atoms with Crippen LogP contribution in [0.15, 0.2) is 24.3 Å². The van der Waals surface area contributed by atoms with Crippen molar-refractivity contribution in [2.45, 2.75) is 38.1 Å². The van der Waals surface area contributed by atoms with Crippen molar-refractivity contribution >= 4 is 5.97 Å². The summed E-state index contributed by atoms with van der Waals surface area (Å²) in [5.74, 6) is -0.823. The molecule has 7 atom stereocenters. The number of hydrogen-bond acceptors (Lipinski definition) is 4. The normalized spacial score (nSPS) is 49.6. The van der Waals surface area contributed by atoms with Crippen LogP contribution in [-0.4, -0.2) is 34.5 Å². The van der Waals surface area contributed by atoms with Gasteiger partial charge >= 0.3 is 5.97 Å². The first-order valence-corrected chi connectivity index (χ1v) is 6.84. The van der Waals surface area contributed by atoms with Crippen molar-refractivity contribution in [1.82, 2.24) is 0 Å². The maximum absolute atomic E-state index is 11.8. The predicted molar refractivity (Wildman–Crippen MR) is 69.0 cm³/mol. The number of ether oxygens (including phenoxy) is 1. The molecule has 1 heterocycles. The molecule has 0 unspecified atom stereocenters. The largest absolute Gasteiger partial charge is 0.461 e. The molecule has 0 amide bonds. The van der Waals surface area contributed by atoms with Gasteiger partial charge in [-0.2, -0.15) is 0 Å². The first-order chi connectivity index (χ1) is 8.91. The standard InChI is InChI=1S/C15H20O4/c1-6-4-11(17)13-8(3)15(18)19-14(13)12-7(2)10(16)5-9(6)12/h8-14,16-17H,1-2,4-5H2,3H3/t8-,9-,10-,11+,12-,13-,14-/m0/s1. The van der Waals surface area contributed by atoms with Crippen molar-refractivity contribution in [3.05, 3.63) is 24.3 Å². The molecular formula is C15H20O4. The molecule has 2 saturated carbocycles. The summed E-state index contributed by atoms with van der Waals surface area (Å²) in [5.41, 5.74) is 1.66. The zero-order valence-corrected chi connectivity index (χ0v) is 11.1. The molecule has 0 radical (unpaired) electrons. The van der Waals surface area contributed by atoms with Crippen LogP contribution in [0.4, 0.5) is 0 Å². The fourth-order valence-corrected chi connectivity index (χ4v) is 4.06. The van der Waals surface area contributed by atoms with Gasteiger partial charge in [0.15, 0.2) is 0 Å². The van der Waals surface area contributed by atoms with Crippen LogP contribution in [0, 0.1) is 23.7 Å². The van der Waals surface area contributed by atoms with E-state index in [1.165, 1.54) is 0 Å². The highest BCUT2D eigenvalue weighted by Gasteiger charge is 2.56. The van der Waals surface area contributed by atoms with E-state index in [4.69, 9.17) is 4.74 Å². The number of esters is 1. The second kappa shape index (κ2) is 4.18. The summed E-state index contributed by atoms with van der Waals surface area (Å²) in [7, 11) is 0. The Hall–Kier alpha value is -1.13. The summed E-state index contributed by atoms with van der Waals surface area (Å²) in [6.45, 7) is 9.82. The summed E-state index contributed by atoms with van der Waals surface area (Å²) in [4.78, 5) is 11.8. The molecule has 0 spiro atoms. The summed E-state index contributed by atoms with van der Waals surface area (Å²) < 4.78 is 5.50. The average Bonchev–Trinajstić information content (AvgIpc) is 2.75. The van der Waals surface area contributed by atoms with E-state index in [0.29, 0.717) is 12.8 Å². The Morgan fingerprint density at radius 1 is 1.32 bits per heavy atom. The Morgan fingerprint density at radius 2 is 2.00 bits per heavy atom. The van der Waals surface area contributed by atoms with Crippen molar-refractivity contribution in [2.75, 3.05) is 0 Å². The highest BCUT2D eigenvalue weighted by molar-refractivity contribution is 5.75. The van der Waals surface area contributed by atoms with E-state index in [2.05, 4.69) is 13.2 Å². The smallest absolute Gasteiger partial charge is 0.309 e. The topological polar surface area (TPSA) is 66.8 Å². The van der Waals surface area contributed by atoms with Gasteiger partial charge in [0.05, 0.1) is 18.1 Å². The molecule has 3 rings (SSSR count). The lowest BCUT2D eigenvalue weighted by Crippen LogP contribution is -2.35. The minimum atomic E-state index is -0.602. The third-order valence-electron chi connectivity index (χ3n) is 5.14. The first-order valence-electron chi connectivity index (χ1n) is 6.84. The van der Waals surface area contributed by atoms with Gasteiger partial charge in [-0.15, -0.1) is 0 Å². The molecule has 0 bridgehead atoms. The number of aliphatic hydroxyl groups is 2.